The molecule has 112 valence electrons. The van der Waals surface area contributed by atoms with E-state index in [1.807, 2.05) is 7.05 Å². The maximum Gasteiger partial charge on any atom is 0.242 e. The Hall–Kier alpha value is -0.860. The number of nitrogens with one attached hydrogen (secondary N) is 1. The fourth-order valence-electron chi connectivity index (χ4n) is 2.00. The second-order valence-electron chi connectivity index (χ2n) is 4.80. The highest BCUT2D eigenvalue weighted by atomic mass is 35.5. The molecule has 0 radical (unpaired) electrons. The lowest BCUT2D eigenvalue weighted by Gasteiger charge is -2.30. The Bertz CT molecular complexity index is 579. The molecule has 20 heavy (non-hydrogen) atoms. The van der Waals surface area contributed by atoms with E-state index in [0.29, 0.717) is 18.8 Å². The third-order valence-corrected chi connectivity index (χ3v) is 4.99. The topological polar surface area (TPSA) is 84.7 Å². The molecule has 0 spiro atoms. The molecule has 0 saturated carbocycles. The van der Waals surface area contributed by atoms with Gasteiger partial charge in [0.1, 0.15) is 4.90 Å². The van der Waals surface area contributed by atoms with Gasteiger partial charge in [0.2, 0.25) is 10.0 Å². The minimum Gasteiger partial charge on any atom is -0.399 e. The molecule has 8 heteroatoms. The summed E-state index contributed by atoms with van der Waals surface area (Å²) >= 11 is 5.91. The lowest BCUT2D eigenvalue weighted by atomic mass is 10.3. The van der Waals surface area contributed by atoms with E-state index in [4.69, 9.17) is 22.1 Å². The average Bonchev–Trinajstić information content (AvgIpc) is 2.39. The fourth-order valence-corrected chi connectivity index (χ4v) is 3.60. The summed E-state index contributed by atoms with van der Waals surface area (Å²) in [7, 11) is -1.72. The molecule has 1 saturated heterocycles. The molecule has 3 N–H and O–H groups in total. The number of nitrogens with two attached hydrogens (primary N) is 1. The van der Waals surface area contributed by atoms with Crippen molar-refractivity contribution in [3.63, 3.8) is 0 Å². The minimum absolute atomic E-state index is 0.0108. The Kier molecular flexibility index (Phi) is 4.87. The lowest BCUT2D eigenvalue weighted by Crippen LogP contribution is -2.45. The first-order chi connectivity index (χ1) is 9.38. The summed E-state index contributed by atoms with van der Waals surface area (Å²) in [5, 5.41) is 0.147. The van der Waals surface area contributed by atoms with Gasteiger partial charge in [-0.15, -0.1) is 0 Å². The number of halogens is 1. The van der Waals surface area contributed by atoms with Gasteiger partial charge >= 0.3 is 0 Å². The average molecular weight is 320 g/mol. The van der Waals surface area contributed by atoms with Crippen LogP contribution in [0.15, 0.2) is 23.1 Å². The van der Waals surface area contributed by atoms with Gasteiger partial charge in [0, 0.05) is 25.3 Å². The molecule has 1 aromatic carbocycles. The number of benzene rings is 1. The zero-order valence-corrected chi connectivity index (χ0v) is 12.7. The van der Waals surface area contributed by atoms with Crippen LogP contribution in [0.4, 0.5) is 5.69 Å². The molecule has 1 atom stereocenters. The number of morpholine rings is 1. The maximum atomic E-state index is 12.2. The minimum atomic E-state index is -3.69. The number of likely N-dealkylation sites (N-methyl/N-ethyl adjacent to an activating group) is 1. The molecule has 6 nitrogen and oxygen atoms in total. The van der Waals surface area contributed by atoms with Gasteiger partial charge in [-0.1, -0.05) is 11.6 Å². The van der Waals surface area contributed by atoms with Crippen molar-refractivity contribution in [2.45, 2.75) is 11.0 Å². The van der Waals surface area contributed by atoms with Crippen LogP contribution in [0.25, 0.3) is 0 Å². The fraction of sp³-hybridized carbons (Fsp3) is 0.500. The highest BCUT2D eigenvalue weighted by Crippen LogP contribution is 2.23. The van der Waals surface area contributed by atoms with Crippen molar-refractivity contribution >= 4 is 27.3 Å². The maximum absolute atomic E-state index is 12.2. The zero-order valence-electron chi connectivity index (χ0n) is 11.2. The first-order valence-corrected chi connectivity index (χ1v) is 8.09. The summed E-state index contributed by atoms with van der Waals surface area (Å²) in [6, 6.07) is 4.37. The smallest absolute Gasteiger partial charge is 0.242 e. The van der Waals surface area contributed by atoms with Gasteiger partial charge in [0.05, 0.1) is 17.7 Å². The van der Waals surface area contributed by atoms with Crippen LogP contribution in [-0.2, 0) is 14.8 Å². The van der Waals surface area contributed by atoms with Crippen molar-refractivity contribution in [2.75, 3.05) is 39.0 Å². The van der Waals surface area contributed by atoms with Gasteiger partial charge in [0.25, 0.3) is 0 Å². The number of nitrogens with zero attached hydrogens (tertiary/aromatic N) is 1. The third kappa shape index (κ3) is 3.83. The van der Waals surface area contributed by atoms with E-state index in [9.17, 15) is 8.42 Å². The van der Waals surface area contributed by atoms with Crippen LogP contribution in [0.2, 0.25) is 5.02 Å². The summed E-state index contributed by atoms with van der Waals surface area (Å²) in [5.41, 5.74) is 5.95. The van der Waals surface area contributed by atoms with Crippen molar-refractivity contribution in [1.29, 1.82) is 0 Å². The van der Waals surface area contributed by atoms with Crippen molar-refractivity contribution in [3.05, 3.63) is 23.2 Å². The van der Waals surface area contributed by atoms with E-state index in [0.717, 1.165) is 6.54 Å². The van der Waals surface area contributed by atoms with Crippen molar-refractivity contribution < 1.29 is 13.2 Å². The third-order valence-electron chi connectivity index (χ3n) is 3.09. The predicted molar refractivity (Wildman–Crippen MR) is 78.3 cm³/mol. The molecule has 0 amide bonds. The van der Waals surface area contributed by atoms with Crippen LogP contribution in [0.5, 0.6) is 0 Å². The van der Waals surface area contributed by atoms with Crippen molar-refractivity contribution in [3.8, 4) is 0 Å². The van der Waals surface area contributed by atoms with Gasteiger partial charge in [-0.05, 0) is 25.2 Å². The van der Waals surface area contributed by atoms with E-state index >= 15 is 0 Å². The monoisotopic (exact) mass is 319 g/mol. The van der Waals surface area contributed by atoms with Crippen LogP contribution in [0.3, 0.4) is 0 Å². The Labute approximate surface area is 123 Å². The lowest BCUT2D eigenvalue weighted by molar-refractivity contribution is -0.0156. The van der Waals surface area contributed by atoms with Gasteiger partial charge in [-0.2, -0.15) is 0 Å². The van der Waals surface area contributed by atoms with E-state index in [-0.39, 0.29) is 22.6 Å². The highest BCUT2D eigenvalue weighted by Gasteiger charge is 2.23. The van der Waals surface area contributed by atoms with Gasteiger partial charge in [-0.3, -0.25) is 0 Å². The summed E-state index contributed by atoms with van der Waals surface area (Å²) < 4.78 is 32.4. The van der Waals surface area contributed by atoms with Crippen LogP contribution >= 0.6 is 11.6 Å². The Morgan fingerprint density at radius 1 is 1.55 bits per heavy atom. The van der Waals surface area contributed by atoms with Gasteiger partial charge in [0.15, 0.2) is 0 Å². The molecule has 0 bridgehead atoms. The highest BCUT2D eigenvalue weighted by molar-refractivity contribution is 7.89. The van der Waals surface area contributed by atoms with Crippen LogP contribution in [0.1, 0.15) is 0 Å². The number of ether oxygens (including phenoxy) is 1. The number of rotatable bonds is 4. The summed E-state index contributed by atoms with van der Waals surface area (Å²) in [4.78, 5) is 2.08. The number of hydrogen-bond donors (Lipinski definition) is 2. The summed E-state index contributed by atoms with van der Waals surface area (Å²) in [6.45, 7) is 2.34. The second-order valence-corrected chi connectivity index (χ2v) is 6.94. The number of nitrogen functional groups attached to an aromatic ring is 1. The van der Waals surface area contributed by atoms with Crippen LogP contribution < -0.4 is 10.5 Å². The zero-order chi connectivity index (χ0) is 14.8. The number of hydrogen-bond acceptors (Lipinski definition) is 5. The standard InChI is InChI=1S/C12H18ClN3O3S/c1-16-4-5-19-10(8-16)7-15-20(17,18)12-6-9(14)2-3-11(12)13/h2-3,6,10,15H,4-5,7-8,14H2,1H3. The summed E-state index contributed by atoms with van der Waals surface area (Å²) in [5.74, 6) is 0. The molecule has 1 heterocycles. The quantitative estimate of drug-likeness (QED) is 0.791. The van der Waals surface area contributed by atoms with Gasteiger partial charge in [-0.25, -0.2) is 13.1 Å². The predicted octanol–water partition coefficient (Wildman–Crippen LogP) is 0.531. The first-order valence-electron chi connectivity index (χ1n) is 6.23. The molecule has 1 aromatic rings. The molecule has 1 unspecified atom stereocenters. The molecule has 0 aliphatic carbocycles. The Morgan fingerprint density at radius 3 is 3.00 bits per heavy atom. The molecule has 1 aliphatic heterocycles. The number of sulfonamides is 1. The summed E-state index contributed by atoms with van der Waals surface area (Å²) in [6.07, 6.45) is -0.164. The first kappa shape index (κ1) is 15.5. The molecular formula is C12H18ClN3O3S. The Morgan fingerprint density at radius 2 is 2.30 bits per heavy atom. The molecule has 1 fully saturated rings. The molecule has 1 aliphatic rings. The Balaban J connectivity index is 2.05. The normalized spacial score (nSPS) is 21.0. The van der Waals surface area contributed by atoms with E-state index in [1.54, 1.807) is 6.07 Å². The van der Waals surface area contributed by atoms with E-state index in [2.05, 4.69) is 9.62 Å². The molecule has 0 aromatic heterocycles. The van der Waals surface area contributed by atoms with Crippen molar-refractivity contribution in [1.82, 2.24) is 9.62 Å². The largest absolute Gasteiger partial charge is 0.399 e. The van der Waals surface area contributed by atoms with Crippen LogP contribution in [0, 0.1) is 0 Å². The van der Waals surface area contributed by atoms with Crippen LogP contribution in [-0.4, -0.2) is 52.7 Å². The number of anilines is 1. The van der Waals surface area contributed by atoms with E-state index in [1.165, 1.54) is 12.1 Å². The molecule has 2 rings (SSSR count). The van der Waals surface area contributed by atoms with Gasteiger partial charge < -0.3 is 15.4 Å². The molecular weight excluding hydrogens is 302 g/mol. The van der Waals surface area contributed by atoms with Crippen molar-refractivity contribution in [2.24, 2.45) is 0 Å². The second kappa shape index (κ2) is 6.28. The van der Waals surface area contributed by atoms with E-state index < -0.39 is 10.0 Å². The SMILES string of the molecule is CN1CCOC(CNS(=O)(=O)c2cc(N)ccc2Cl)C1.